The van der Waals surface area contributed by atoms with Crippen molar-refractivity contribution in [1.29, 1.82) is 0 Å². The number of thioether (sulfide) groups is 1. The first-order valence-electron chi connectivity index (χ1n) is 9.30. The van der Waals surface area contributed by atoms with E-state index in [-0.39, 0.29) is 0 Å². The Kier molecular flexibility index (Phi) is 7.08. The van der Waals surface area contributed by atoms with E-state index in [0.717, 1.165) is 29.6 Å². The Hall–Kier alpha value is -2.80. The van der Waals surface area contributed by atoms with Gasteiger partial charge in [-0.3, -0.25) is 0 Å². The highest BCUT2D eigenvalue weighted by Gasteiger charge is 2.11. The molecule has 1 aromatic heterocycles. The van der Waals surface area contributed by atoms with Gasteiger partial charge in [0.05, 0.1) is 6.21 Å². The molecule has 0 saturated heterocycles. The van der Waals surface area contributed by atoms with Gasteiger partial charge in [-0.15, -0.1) is 10.2 Å². The van der Waals surface area contributed by atoms with Gasteiger partial charge in [0.2, 0.25) is 5.16 Å². The molecule has 0 aliphatic heterocycles. The van der Waals surface area contributed by atoms with Crippen molar-refractivity contribution in [2.45, 2.75) is 25.6 Å². The first-order valence-corrected chi connectivity index (χ1v) is 10.5. The summed E-state index contributed by atoms with van der Waals surface area (Å²) < 4.78 is 7.53. The fourth-order valence-corrected chi connectivity index (χ4v) is 3.23. The average Bonchev–Trinajstić information content (AvgIpc) is 3.15. The maximum atomic E-state index is 5.80. The van der Waals surface area contributed by atoms with Crippen LogP contribution in [0.15, 0.2) is 64.9 Å². The molecule has 0 spiro atoms. The molecule has 0 bridgehead atoms. The molecule has 0 atom stereocenters. The van der Waals surface area contributed by atoms with Gasteiger partial charge >= 0.3 is 0 Å². The Bertz CT molecular complexity index is 889. The summed E-state index contributed by atoms with van der Waals surface area (Å²) in [5, 5.41) is 13.7. The predicted octanol–water partition coefficient (Wildman–Crippen LogP) is 4.31. The molecule has 1 heterocycles. The summed E-state index contributed by atoms with van der Waals surface area (Å²) in [6.45, 7) is 6.61. The van der Waals surface area contributed by atoms with Crippen LogP contribution in [0.2, 0.25) is 0 Å². The average molecular weight is 396 g/mol. The molecule has 6 nitrogen and oxygen atoms in total. The molecule has 3 rings (SSSR count). The Labute approximate surface area is 170 Å². The number of hydrogen-bond donors (Lipinski definition) is 0. The van der Waals surface area contributed by atoms with E-state index in [0.29, 0.717) is 12.4 Å². The lowest BCUT2D eigenvalue weighted by Gasteiger charge is -2.20. The van der Waals surface area contributed by atoms with E-state index in [2.05, 4.69) is 58.3 Å². The number of ether oxygens (including phenoxy) is 1. The summed E-state index contributed by atoms with van der Waals surface area (Å²) in [4.78, 5) is 2.31. The monoisotopic (exact) mass is 395 g/mol. The third-order valence-corrected chi connectivity index (χ3v) is 4.93. The highest BCUT2D eigenvalue weighted by molar-refractivity contribution is 7.98. The Morgan fingerprint density at radius 3 is 2.39 bits per heavy atom. The molecule has 0 saturated carbocycles. The Morgan fingerprint density at radius 1 is 1.04 bits per heavy atom. The molecule has 0 unspecified atom stereocenters. The molecule has 0 amide bonds. The summed E-state index contributed by atoms with van der Waals surface area (Å²) in [7, 11) is 0. The number of rotatable bonds is 9. The van der Waals surface area contributed by atoms with Crippen molar-refractivity contribution in [1.82, 2.24) is 14.9 Å². The van der Waals surface area contributed by atoms with Crippen molar-refractivity contribution in [3.05, 3.63) is 66.0 Å². The van der Waals surface area contributed by atoms with E-state index in [1.54, 1.807) is 4.68 Å². The van der Waals surface area contributed by atoms with Crippen molar-refractivity contribution in [3.8, 4) is 5.75 Å². The third-order valence-electron chi connectivity index (χ3n) is 4.31. The van der Waals surface area contributed by atoms with Gasteiger partial charge in [-0.05, 0) is 49.9 Å². The first kappa shape index (κ1) is 19.9. The van der Waals surface area contributed by atoms with Crippen molar-refractivity contribution < 1.29 is 4.74 Å². The molecule has 3 aromatic rings. The second-order valence-electron chi connectivity index (χ2n) is 6.02. The summed E-state index contributed by atoms with van der Waals surface area (Å²) in [5.74, 6) is 1.45. The van der Waals surface area contributed by atoms with E-state index >= 15 is 0 Å². The normalized spacial score (nSPS) is 11.1. The maximum Gasteiger partial charge on any atom is 0.211 e. The van der Waals surface area contributed by atoms with Crippen molar-refractivity contribution >= 4 is 23.7 Å². The SMILES string of the molecule is CCN(CC)c1ccc(/C=N\n2c(COc3ccccc3)nnc2SC)cc1. The summed E-state index contributed by atoms with van der Waals surface area (Å²) >= 11 is 1.50. The second-order valence-corrected chi connectivity index (χ2v) is 6.80. The van der Waals surface area contributed by atoms with Gasteiger partial charge in [0.15, 0.2) is 5.82 Å². The van der Waals surface area contributed by atoms with Crippen LogP contribution >= 0.6 is 11.8 Å². The van der Waals surface area contributed by atoms with Gasteiger partial charge in [0, 0.05) is 18.8 Å². The molecule has 2 aromatic carbocycles. The molecular formula is C21H25N5OS. The zero-order valence-corrected chi connectivity index (χ0v) is 17.3. The molecular weight excluding hydrogens is 370 g/mol. The van der Waals surface area contributed by atoms with Crippen LogP contribution < -0.4 is 9.64 Å². The minimum atomic E-state index is 0.301. The number of para-hydroxylation sites is 1. The van der Waals surface area contributed by atoms with Gasteiger partial charge in [0.25, 0.3) is 0 Å². The maximum absolute atomic E-state index is 5.80. The summed E-state index contributed by atoms with van der Waals surface area (Å²) in [5.41, 5.74) is 2.24. The molecule has 28 heavy (non-hydrogen) atoms. The minimum absolute atomic E-state index is 0.301. The van der Waals surface area contributed by atoms with Gasteiger partial charge < -0.3 is 9.64 Å². The van der Waals surface area contributed by atoms with Crippen molar-refractivity contribution in [3.63, 3.8) is 0 Å². The topological polar surface area (TPSA) is 55.5 Å². The zero-order valence-electron chi connectivity index (χ0n) is 16.4. The largest absolute Gasteiger partial charge is 0.486 e. The lowest BCUT2D eigenvalue weighted by atomic mass is 10.2. The van der Waals surface area contributed by atoms with Crippen LogP contribution in [0, 0.1) is 0 Å². The van der Waals surface area contributed by atoms with Crippen LogP contribution in [0.25, 0.3) is 0 Å². The van der Waals surface area contributed by atoms with Crippen LogP contribution in [0.3, 0.4) is 0 Å². The first-order chi connectivity index (χ1) is 13.7. The van der Waals surface area contributed by atoms with Crippen LogP contribution in [0.5, 0.6) is 5.75 Å². The number of benzene rings is 2. The lowest BCUT2D eigenvalue weighted by molar-refractivity contribution is 0.290. The molecule has 0 aliphatic carbocycles. The number of nitrogens with zero attached hydrogens (tertiary/aromatic N) is 5. The standard InChI is InChI=1S/C21H25N5OS/c1-4-25(5-2)18-13-11-17(12-14-18)15-22-26-20(23-24-21(26)28-3)16-27-19-9-7-6-8-10-19/h6-15H,4-5,16H2,1-3H3/b22-15-. The predicted molar refractivity (Wildman–Crippen MR) is 116 cm³/mol. The van der Waals surface area contributed by atoms with E-state index in [1.165, 1.54) is 17.4 Å². The van der Waals surface area contributed by atoms with E-state index in [4.69, 9.17) is 4.74 Å². The number of anilines is 1. The number of aromatic nitrogens is 3. The molecule has 0 fully saturated rings. The molecule has 146 valence electrons. The van der Waals surface area contributed by atoms with E-state index in [9.17, 15) is 0 Å². The van der Waals surface area contributed by atoms with Crippen LogP contribution in [0.1, 0.15) is 25.2 Å². The number of hydrogen-bond acceptors (Lipinski definition) is 6. The Balaban J connectivity index is 1.74. The van der Waals surface area contributed by atoms with Crippen molar-refractivity contribution in [2.24, 2.45) is 5.10 Å². The second kappa shape index (κ2) is 9.94. The van der Waals surface area contributed by atoms with Crippen LogP contribution in [0.4, 0.5) is 5.69 Å². The fourth-order valence-electron chi connectivity index (χ4n) is 2.78. The minimum Gasteiger partial charge on any atom is -0.486 e. The highest BCUT2D eigenvalue weighted by Crippen LogP contribution is 2.17. The van der Waals surface area contributed by atoms with E-state index in [1.807, 2.05) is 42.8 Å². The van der Waals surface area contributed by atoms with Crippen LogP contribution in [-0.2, 0) is 6.61 Å². The highest BCUT2D eigenvalue weighted by atomic mass is 32.2. The Morgan fingerprint density at radius 2 is 1.75 bits per heavy atom. The smallest absolute Gasteiger partial charge is 0.211 e. The zero-order chi connectivity index (χ0) is 19.8. The fraction of sp³-hybridized carbons (Fsp3) is 0.286. The van der Waals surface area contributed by atoms with Gasteiger partial charge in [-0.1, -0.05) is 42.1 Å². The quantitative estimate of drug-likeness (QED) is 0.399. The van der Waals surface area contributed by atoms with Crippen LogP contribution in [-0.4, -0.2) is 40.4 Å². The van der Waals surface area contributed by atoms with Gasteiger partial charge in [0.1, 0.15) is 12.4 Å². The van der Waals surface area contributed by atoms with E-state index < -0.39 is 0 Å². The molecule has 0 N–H and O–H groups in total. The van der Waals surface area contributed by atoms with Crippen molar-refractivity contribution in [2.75, 3.05) is 24.2 Å². The summed E-state index contributed by atoms with van der Waals surface area (Å²) in [6.07, 6.45) is 3.78. The summed E-state index contributed by atoms with van der Waals surface area (Å²) in [6, 6.07) is 18.0. The molecule has 0 aliphatic rings. The lowest BCUT2D eigenvalue weighted by Crippen LogP contribution is -2.21. The van der Waals surface area contributed by atoms with Gasteiger partial charge in [-0.2, -0.15) is 9.78 Å². The molecule has 7 heteroatoms. The molecule has 0 radical (unpaired) electrons. The third kappa shape index (κ3) is 4.92. The van der Waals surface area contributed by atoms with Gasteiger partial charge in [-0.25, -0.2) is 0 Å².